The summed E-state index contributed by atoms with van der Waals surface area (Å²) in [5, 5.41) is 19.3. The van der Waals surface area contributed by atoms with Gasteiger partial charge in [-0.2, -0.15) is 10.1 Å². The highest BCUT2D eigenvalue weighted by Crippen LogP contribution is 2.31. The molecular formula is C20H24N8O. The number of methoxy groups -OCH3 is 1. The number of rotatable bonds is 5. The summed E-state index contributed by atoms with van der Waals surface area (Å²) >= 11 is 0. The van der Waals surface area contributed by atoms with Gasteiger partial charge < -0.3 is 15.0 Å². The van der Waals surface area contributed by atoms with Crippen molar-refractivity contribution in [1.82, 2.24) is 35.7 Å². The number of aromatic amines is 1. The van der Waals surface area contributed by atoms with Crippen molar-refractivity contribution in [2.75, 3.05) is 19.1 Å². The van der Waals surface area contributed by atoms with Crippen LogP contribution in [-0.2, 0) is 0 Å². The first kappa shape index (κ1) is 18.0. The number of H-pyrrole nitrogens is 1. The topological polar surface area (TPSA) is 105 Å². The molecule has 2 aliphatic rings. The Hall–Kier alpha value is -3.07. The van der Waals surface area contributed by atoms with Gasteiger partial charge in [-0.25, -0.2) is 4.98 Å². The molecule has 9 nitrogen and oxygen atoms in total. The lowest BCUT2D eigenvalue weighted by Gasteiger charge is -2.36. The third-order valence-electron chi connectivity index (χ3n) is 5.99. The first-order valence-corrected chi connectivity index (χ1v) is 9.94. The van der Waals surface area contributed by atoms with Crippen molar-refractivity contribution in [3.8, 4) is 28.5 Å². The molecule has 150 valence electrons. The van der Waals surface area contributed by atoms with E-state index in [2.05, 4.69) is 47.6 Å². The quantitative estimate of drug-likeness (QED) is 0.680. The van der Waals surface area contributed by atoms with Gasteiger partial charge >= 0.3 is 0 Å². The van der Waals surface area contributed by atoms with E-state index in [1.54, 1.807) is 25.7 Å². The van der Waals surface area contributed by atoms with Crippen LogP contribution in [0.5, 0.6) is 5.88 Å². The van der Waals surface area contributed by atoms with Gasteiger partial charge in [0.2, 0.25) is 5.88 Å². The van der Waals surface area contributed by atoms with Gasteiger partial charge in [0, 0.05) is 43.1 Å². The molecule has 3 aromatic heterocycles. The predicted molar refractivity (Wildman–Crippen MR) is 109 cm³/mol. The molecule has 2 saturated heterocycles. The Labute approximate surface area is 168 Å². The van der Waals surface area contributed by atoms with E-state index in [0.29, 0.717) is 35.5 Å². The second-order valence-electron chi connectivity index (χ2n) is 7.75. The lowest BCUT2D eigenvalue weighted by Crippen LogP contribution is -2.47. The molecule has 3 aromatic rings. The summed E-state index contributed by atoms with van der Waals surface area (Å²) in [7, 11) is 3.70. The van der Waals surface area contributed by atoms with Crippen molar-refractivity contribution in [3.63, 3.8) is 0 Å². The molecule has 0 aliphatic carbocycles. The van der Waals surface area contributed by atoms with Crippen molar-refractivity contribution in [2.45, 2.75) is 43.8 Å². The summed E-state index contributed by atoms with van der Waals surface area (Å²) in [6, 6.07) is 5.69. The average Bonchev–Trinajstić information content (AvgIpc) is 3.42. The van der Waals surface area contributed by atoms with E-state index in [0.717, 1.165) is 29.8 Å². The molecule has 0 aromatic carbocycles. The lowest BCUT2D eigenvalue weighted by atomic mass is 9.98. The highest BCUT2D eigenvalue weighted by atomic mass is 16.5. The number of anilines is 1. The van der Waals surface area contributed by atoms with Crippen molar-refractivity contribution in [1.29, 1.82) is 0 Å². The Kier molecular flexibility index (Phi) is 4.59. The Morgan fingerprint density at radius 1 is 1.10 bits per heavy atom. The summed E-state index contributed by atoms with van der Waals surface area (Å²) in [4.78, 5) is 11.2. The molecule has 9 heteroatoms. The van der Waals surface area contributed by atoms with Crippen LogP contribution < -0.4 is 15.0 Å². The molecule has 2 N–H and O–H groups in total. The van der Waals surface area contributed by atoms with E-state index < -0.39 is 0 Å². The molecule has 0 spiro atoms. The fourth-order valence-corrected chi connectivity index (χ4v) is 4.40. The number of nitrogens with one attached hydrogen (secondary N) is 2. The van der Waals surface area contributed by atoms with Crippen LogP contribution in [0.3, 0.4) is 0 Å². The number of ether oxygens (including phenoxy) is 1. The normalized spacial score (nSPS) is 23.2. The maximum absolute atomic E-state index is 5.44. The van der Waals surface area contributed by atoms with Crippen LogP contribution in [-0.4, -0.2) is 62.6 Å². The smallest absolute Gasteiger partial charge is 0.224 e. The molecule has 2 aliphatic heterocycles. The lowest BCUT2D eigenvalue weighted by molar-refractivity contribution is 0.353. The molecule has 0 saturated carbocycles. The molecule has 5 heterocycles. The number of hydrogen-bond acceptors (Lipinski definition) is 8. The standard InChI is InChI=1S/C20H24N8O/c1-28(15-7-13-3-4-14(8-15)24-13)18-6-5-17(26-27-18)19-21-11-16(20(25-19)29-2)12-9-22-23-10-12/h5-6,9-11,13-15,24H,3-4,7-8H2,1-2H3,(H,22,23)/t13-,14+,15?. The van der Waals surface area contributed by atoms with E-state index >= 15 is 0 Å². The number of nitrogens with zero attached hydrogens (tertiary/aromatic N) is 6. The van der Waals surface area contributed by atoms with Crippen LogP contribution in [0, 0.1) is 0 Å². The molecule has 29 heavy (non-hydrogen) atoms. The Morgan fingerprint density at radius 3 is 2.59 bits per heavy atom. The van der Waals surface area contributed by atoms with E-state index in [-0.39, 0.29) is 0 Å². The van der Waals surface area contributed by atoms with Gasteiger partial charge in [0.25, 0.3) is 0 Å². The number of piperidine rings is 1. The SMILES string of the molecule is COc1nc(-c2ccc(N(C)C3C[C@H]4CC[C@@H](C3)N4)nn2)ncc1-c1cn[nH]c1. The monoisotopic (exact) mass is 392 g/mol. The van der Waals surface area contributed by atoms with Crippen LogP contribution >= 0.6 is 0 Å². The van der Waals surface area contributed by atoms with E-state index in [1.165, 1.54) is 12.8 Å². The van der Waals surface area contributed by atoms with Gasteiger partial charge in [-0.05, 0) is 37.8 Å². The summed E-state index contributed by atoms with van der Waals surface area (Å²) in [6.45, 7) is 0. The number of hydrogen-bond donors (Lipinski definition) is 2. The van der Waals surface area contributed by atoms with Gasteiger partial charge in [0.1, 0.15) is 5.69 Å². The van der Waals surface area contributed by atoms with Crippen LogP contribution in [0.25, 0.3) is 22.6 Å². The fraction of sp³-hybridized carbons (Fsp3) is 0.450. The Bertz CT molecular complexity index is 963. The van der Waals surface area contributed by atoms with Crippen LogP contribution in [0.4, 0.5) is 5.82 Å². The highest BCUT2D eigenvalue weighted by Gasteiger charge is 2.35. The van der Waals surface area contributed by atoms with Crippen LogP contribution in [0.2, 0.25) is 0 Å². The molecule has 1 unspecified atom stereocenters. The average molecular weight is 392 g/mol. The summed E-state index contributed by atoms with van der Waals surface area (Å²) in [6.07, 6.45) is 10.1. The maximum Gasteiger partial charge on any atom is 0.224 e. The Balaban J connectivity index is 1.36. The zero-order chi connectivity index (χ0) is 19.8. The van der Waals surface area contributed by atoms with Gasteiger partial charge in [-0.1, -0.05) is 0 Å². The molecule has 0 amide bonds. The fourth-order valence-electron chi connectivity index (χ4n) is 4.40. The van der Waals surface area contributed by atoms with Gasteiger partial charge in [-0.15, -0.1) is 10.2 Å². The minimum Gasteiger partial charge on any atom is -0.480 e. The molecule has 2 fully saturated rings. The van der Waals surface area contributed by atoms with Crippen molar-refractivity contribution >= 4 is 5.82 Å². The summed E-state index contributed by atoms with van der Waals surface area (Å²) in [5.41, 5.74) is 2.26. The zero-order valence-electron chi connectivity index (χ0n) is 16.5. The second kappa shape index (κ2) is 7.40. The highest BCUT2D eigenvalue weighted by molar-refractivity contribution is 5.68. The molecule has 0 radical (unpaired) electrons. The summed E-state index contributed by atoms with van der Waals surface area (Å²) in [5.74, 6) is 1.84. The van der Waals surface area contributed by atoms with Crippen molar-refractivity contribution < 1.29 is 4.74 Å². The Morgan fingerprint density at radius 2 is 1.93 bits per heavy atom. The van der Waals surface area contributed by atoms with E-state index in [4.69, 9.17) is 4.74 Å². The minimum atomic E-state index is 0.476. The number of fused-ring (bicyclic) bond motifs is 2. The van der Waals surface area contributed by atoms with E-state index in [9.17, 15) is 0 Å². The molecule has 5 rings (SSSR count). The molecule has 2 bridgehead atoms. The predicted octanol–water partition coefficient (Wildman–Crippen LogP) is 2.05. The minimum absolute atomic E-state index is 0.476. The first-order chi connectivity index (χ1) is 14.2. The number of aromatic nitrogens is 6. The summed E-state index contributed by atoms with van der Waals surface area (Å²) < 4.78 is 5.44. The van der Waals surface area contributed by atoms with Gasteiger partial charge in [0.15, 0.2) is 11.6 Å². The largest absolute Gasteiger partial charge is 0.480 e. The molecule has 3 atom stereocenters. The third-order valence-corrected chi connectivity index (χ3v) is 5.99. The molecular weight excluding hydrogens is 368 g/mol. The van der Waals surface area contributed by atoms with Gasteiger partial charge in [0.05, 0.1) is 18.9 Å². The van der Waals surface area contributed by atoms with Crippen molar-refractivity contribution in [2.24, 2.45) is 0 Å². The van der Waals surface area contributed by atoms with Crippen molar-refractivity contribution in [3.05, 3.63) is 30.7 Å². The van der Waals surface area contributed by atoms with E-state index in [1.807, 2.05) is 12.1 Å². The first-order valence-electron chi connectivity index (χ1n) is 9.94. The maximum atomic E-state index is 5.44. The zero-order valence-corrected chi connectivity index (χ0v) is 16.5. The van der Waals surface area contributed by atoms with Gasteiger partial charge in [-0.3, -0.25) is 5.10 Å². The third kappa shape index (κ3) is 3.42. The van der Waals surface area contributed by atoms with Crippen LogP contribution in [0.1, 0.15) is 25.7 Å². The second-order valence-corrected chi connectivity index (χ2v) is 7.75. The van der Waals surface area contributed by atoms with Crippen LogP contribution in [0.15, 0.2) is 30.7 Å².